The molecule has 4 aromatic rings. The van der Waals surface area contributed by atoms with Gasteiger partial charge in [-0.25, -0.2) is 28.4 Å². The van der Waals surface area contributed by atoms with Crippen LogP contribution in [0.3, 0.4) is 0 Å². The summed E-state index contributed by atoms with van der Waals surface area (Å²) in [6.07, 6.45) is 3.06. The zero-order valence-electron chi connectivity index (χ0n) is 17.1. The Balaban J connectivity index is 1.46. The number of anilines is 4. The Labute approximate surface area is 199 Å². The second-order valence-corrected chi connectivity index (χ2v) is 10.6. The quantitative estimate of drug-likeness (QED) is 0.356. The highest BCUT2D eigenvalue weighted by Crippen LogP contribution is 2.36. The lowest BCUT2D eigenvalue weighted by molar-refractivity contribution is 0.586. The molecule has 1 aliphatic rings. The second-order valence-electron chi connectivity index (χ2n) is 7.53. The molecule has 13 heteroatoms. The van der Waals surface area contributed by atoms with E-state index in [0.29, 0.717) is 63.2 Å². The highest BCUT2D eigenvalue weighted by Gasteiger charge is 2.23. The number of H-pyrrole nitrogens is 1. The molecule has 0 spiro atoms. The monoisotopic (exact) mass is 504 g/mol. The second kappa shape index (κ2) is 8.32. The summed E-state index contributed by atoms with van der Waals surface area (Å²) >= 11 is 12.7. The Morgan fingerprint density at radius 1 is 1.06 bits per heavy atom. The van der Waals surface area contributed by atoms with Gasteiger partial charge in [0.2, 0.25) is 0 Å². The number of benzene rings is 1. The lowest BCUT2D eigenvalue weighted by Gasteiger charge is -2.27. The molecule has 0 aliphatic carbocycles. The lowest BCUT2D eigenvalue weighted by atomic mass is 10.2. The molecule has 33 heavy (non-hydrogen) atoms. The van der Waals surface area contributed by atoms with Crippen LogP contribution >= 0.6 is 23.2 Å². The van der Waals surface area contributed by atoms with Crippen LogP contribution in [-0.2, 0) is 9.84 Å². The Morgan fingerprint density at radius 3 is 2.52 bits per heavy atom. The van der Waals surface area contributed by atoms with E-state index in [0.717, 1.165) is 5.52 Å². The molecule has 0 bridgehead atoms. The van der Waals surface area contributed by atoms with Crippen LogP contribution < -0.4 is 16.0 Å². The Morgan fingerprint density at radius 2 is 1.79 bits per heavy atom. The first-order valence-corrected chi connectivity index (χ1v) is 12.5. The lowest BCUT2D eigenvalue weighted by Crippen LogP contribution is -2.40. The minimum atomic E-state index is -2.98. The number of hydrogen-bond acceptors (Lipinski definition) is 9. The average Bonchev–Trinajstić information content (AvgIpc) is 3.18. The van der Waals surface area contributed by atoms with Crippen LogP contribution in [0.25, 0.3) is 22.4 Å². The zero-order chi connectivity index (χ0) is 23.2. The molecule has 0 radical (unpaired) electrons. The Hall–Kier alpha value is -3.15. The van der Waals surface area contributed by atoms with Crippen LogP contribution in [0, 0.1) is 0 Å². The maximum absolute atomic E-state index is 11.7. The maximum Gasteiger partial charge on any atom is 0.159 e. The number of rotatable bonds is 4. The van der Waals surface area contributed by atoms with E-state index in [1.54, 1.807) is 30.5 Å². The number of halogens is 2. The molecule has 0 unspecified atom stereocenters. The van der Waals surface area contributed by atoms with Crippen molar-refractivity contribution in [3.05, 3.63) is 46.8 Å². The molecule has 1 saturated heterocycles. The molecular weight excluding hydrogens is 487 g/mol. The topological polar surface area (TPSA) is 143 Å². The molecule has 1 fully saturated rings. The number of nitrogen functional groups attached to an aromatic ring is 1. The largest absolute Gasteiger partial charge is 0.399 e. The molecule has 170 valence electrons. The van der Waals surface area contributed by atoms with Crippen molar-refractivity contribution in [1.82, 2.24) is 24.9 Å². The van der Waals surface area contributed by atoms with E-state index in [9.17, 15) is 8.42 Å². The van der Waals surface area contributed by atoms with Crippen LogP contribution in [0.2, 0.25) is 10.0 Å². The molecule has 0 atom stereocenters. The number of fused-ring (bicyclic) bond motifs is 1. The van der Waals surface area contributed by atoms with Crippen LogP contribution in [0.4, 0.5) is 23.1 Å². The fraction of sp³-hybridized carbons (Fsp3) is 0.200. The summed E-state index contributed by atoms with van der Waals surface area (Å²) in [6.45, 7) is 0.775. The molecule has 10 nitrogen and oxygen atoms in total. The van der Waals surface area contributed by atoms with Gasteiger partial charge in [-0.05, 0) is 18.2 Å². The third-order valence-corrected chi connectivity index (χ3v) is 7.48. The third kappa shape index (κ3) is 4.39. The van der Waals surface area contributed by atoms with Gasteiger partial charge in [0.1, 0.15) is 29.3 Å². The molecule has 5 rings (SSSR count). The number of aromatic nitrogens is 5. The summed E-state index contributed by atoms with van der Waals surface area (Å²) in [5.41, 5.74) is 8.10. The van der Waals surface area contributed by atoms with Crippen molar-refractivity contribution in [2.45, 2.75) is 0 Å². The number of nitrogens with zero attached hydrogens (tertiary/aromatic N) is 5. The first-order chi connectivity index (χ1) is 15.8. The number of nitrogens with one attached hydrogen (secondary N) is 2. The average molecular weight is 505 g/mol. The van der Waals surface area contributed by atoms with Gasteiger partial charge in [-0.15, -0.1) is 0 Å². The van der Waals surface area contributed by atoms with E-state index in [2.05, 4.69) is 30.2 Å². The zero-order valence-corrected chi connectivity index (χ0v) is 19.4. The van der Waals surface area contributed by atoms with Gasteiger partial charge in [0, 0.05) is 31.0 Å². The normalized spacial score (nSPS) is 15.6. The highest BCUT2D eigenvalue weighted by molar-refractivity contribution is 7.91. The fourth-order valence-corrected chi connectivity index (χ4v) is 5.50. The molecular formula is C20H18Cl2N8O2S. The molecule has 1 aliphatic heterocycles. The molecule has 1 aromatic carbocycles. The van der Waals surface area contributed by atoms with E-state index in [1.165, 1.54) is 6.33 Å². The van der Waals surface area contributed by atoms with Gasteiger partial charge in [0.25, 0.3) is 0 Å². The summed E-state index contributed by atoms with van der Waals surface area (Å²) in [5.74, 6) is 2.30. The SMILES string of the molecule is Nc1cc(Cl)c(-c2nc3c(Nc4cc(N5CCS(=O)(=O)CC5)ncn4)nccc3[nH]2)c(Cl)c1. The summed E-state index contributed by atoms with van der Waals surface area (Å²) in [7, 11) is -2.98. The smallest absolute Gasteiger partial charge is 0.159 e. The van der Waals surface area contributed by atoms with Crippen LogP contribution in [-0.4, -0.2) is 57.9 Å². The van der Waals surface area contributed by atoms with Crippen LogP contribution in [0.1, 0.15) is 0 Å². The summed E-state index contributed by atoms with van der Waals surface area (Å²) in [4.78, 5) is 22.7. The van der Waals surface area contributed by atoms with Gasteiger partial charge in [-0.2, -0.15) is 0 Å². The van der Waals surface area contributed by atoms with E-state index in [1.807, 2.05) is 4.90 Å². The van der Waals surface area contributed by atoms with Crippen molar-refractivity contribution < 1.29 is 8.42 Å². The van der Waals surface area contributed by atoms with Gasteiger partial charge in [0.05, 0.1) is 32.6 Å². The van der Waals surface area contributed by atoms with Gasteiger partial charge >= 0.3 is 0 Å². The molecule has 4 N–H and O–H groups in total. The molecule has 0 amide bonds. The van der Waals surface area contributed by atoms with Crippen LogP contribution in [0.5, 0.6) is 0 Å². The number of hydrogen-bond donors (Lipinski definition) is 3. The van der Waals surface area contributed by atoms with Gasteiger partial charge < -0.3 is 20.9 Å². The first-order valence-electron chi connectivity index (χ1n) is 9.93. The van der Waals surface area contributed by atoms with Gasteiger partial charge in [-0.1, -0.05) is 23.2 Å². The van der Waals surface area contributed by atoms with Crippen molar-refractivity contribution in [3.8, 4) is 11.4 Å². The number of pyridine rings is 1. The molecule has 0 saturated carbocycles. The predicted octanol–water partition coefficient (Wildman–Crippen LogP) is 3.28. The van der Waals surface area contributed by atoms with E-state index in [-0.39, 0.29) is 11.5 Å². The first kappa shape index (κ1) is 21.7. The maximum atomic E-state index is 11.7. The number of aromatic amines is 1. The van der Waals surface area contributed by atoms with Crippen molar-refractivity contribution in [1.29, 1.82) is 0 Å². The minimum Gasteiger partial charge on any atom is -0.399 e. The number of sulfone groups is 1. The highest BCUT2D eigenvalue weighted by atomic mass is 35.5. The Bertz CT molecular complexity index is 1440. The number of nitrogens with two attached hydrogens (primary N) is 1. The van der Waals surface area contributed by atoms with Crippen molar-refractivity contribution in [3.63, 3.8) is 0 Å². The fourth-order valence-electron chi connectivity index (χ4n) is 3.62. The summed E-state index contributed by atoms with van der Waals surface area (Å²) in [6, 6.07) is 6.76. The number of imidazole rings is 1. The third-order valence-electron chi connectivity index (χ3n) is 5.27. The van der Waals surface area contributed by atoms with E-state index in [4.69, 9.17) is 28.9 Å². The van der Waals surface area contributed by atoms with E-state index >= 15 is 0 Å². The van der Waals surface area contributed by atoms with Crippen LogP contribution in [0.15, 0.2) is 36.8 Å². The predicted molar refractivity (Wildman–Crippen MR) is 130 cm³/mol. The van der Waals surface area contributed by atoms with Crippen molar-refractivity contribution >= 4 is 67.2 Å². The van der Waals surface area contributed by atoms with Crippen molar-refractivity contribution in [2.75, 3.05) is 40.5 Å². The summed E-state index contributed by atoms with van der Waals surface area (Å²) < 4.78 is 23.4. The summed E-state index contributed by atoms with van der Waals surface area (Å²) in [5, 5.41) is 3.93. The van der Waals surface area contributed by atoms with Gasteiger partial charge in [0.15, 0.2) is 15.7 Å². The Kier molecular flexibility index (Phi) is 5.47. The van der Waals surface area contributed by atoms with E-state index < -0.39 is 9.84 Å². The standard InChI is InChI=1S/C20H18Cl2N8O2S/c21-12-7-11(23)8-13(22)17(12)19-27-14-1-2-24-20(18(14)29-19)28-15-9-16(26-10-25-15)30-3-5-33(31,32)6-4-30/h1-2,7-10H,3-6,23H2,(H,27,29)(H,24,25,26,28). The molecule has 4 heterocycles. The molecule has 3 aromatic heterocycles. The van der Waals surface area contributed by atoms with Crippen molar-refractivity contribution in [2.24, 2.45) is 0 Å². The van der Waals surface area contributed by atoms with Gasteiger partial charge in [-0.3, -0.25) is 0 Å². The minimum absolute atomic E-state index is 0.104.